The molecule has 18 N–H and O–H groups in total. The number of phenols is 1. The number of hydrogen-bond acceptors (Lipinski definition) is 17. The van der Waals surface area contributed by atoms with Gasteiger partial charge in [-0.1, -0.05) is 67.8 Å². The molecule has 0 aliphatic carbocycles. The molecule has 0 unspecified atom stereocenters. The van der Waals surface area contributed by atoms with Crippen LogP contribution < -0.4 is 60.2 Å². The molecule has 71 heavy (non-hydrogen) atoms. The Morgan fingerprint density at radius 2 is 1.38 bits per heavy atom. The Kier molecular flexibility index (Phi) is 26.2. The number of aliphatic hydroxyl groups is 2. The zero-order chi connectivity index (χ0) is 53.5. The summed E-state index contributed by atoms with van der Waals surface area (Å²) in [6.07, 6.45) is -3.21. The highest BCUT2D eigenvalue weighted by Crippen LogP contribution is 2.24. The maximum absolute atomic E-state index is 14.5. The Hall–Kier alpha value is -6.23. The fourth-order valence-electron chi connectivity index (χ4n) is 6.75. The number of carbonyl (C=O) groups excluding carboxylic acids is 11. The average molecular weight is 1040 g/mol. The Morgan fingerprint density at radius 1 is 0.789 bits per heavy atom. The van der Waals surface area contributed by atoms with Gasteiger partial charge in [-0.2, -0.15) is 0 Å². The zero-order valence-corrected chi connectivity index (χ0v) is 41.6. The summed E-state index contributed by atoms with van der Waals surface area (Å²) >= 11 is 0. The van der Waals surface area contributed by atoms with E-state index in [4.69, 9.17) is 22.9 Å². The Labute approximate surface area is 418 Å². The van der Waals surface area contributed by atoms with E-state index < -0.39 is 165 Å². The van der Waals surface area contributed by atoms with Gasteiger partial charge in [0.15, 0.2) is 0 Å². The number of primary amides is 3. The van der Waals surface area contributed by atoms with Crippen molar-refractivity contribution < 1.29 is 68.1 Å². The fourth-order valence-corrected chi connectivity index (χ4v) is 9.03. The van der Waals surface area contributed by atoms with Gasteiger partial charge in [-0.25, -0.2) is 0 Å². The molecule has 26 nitrogen and oxygen atoms in total. The van der Waals surface area contributed by atoms with E-state index in [1.807, 2.05) is 0 Å². The van der Waals surface area contributed by atoms with Crippen LogP contribution in [0, 0.1) is 11.8 Å². The van der Waals surface area contributed by atoms with E-state index in [1.54, 1.807) is 27.7 Å². The van der Waals surface area contributed by atoms with Crippen molar-refractivity contribution in [1.82, 2.24) is 42.1 Å². The first-order valence-corrected chi connectivity index (χ1v) is 25.1. The Balaban J connectivity index is 2.70. The van der Waals surface area contributed by atoms with Gasteiger partial charge < -0.3 is 80.4 Å². The zero-order valence-electron chi connectivity index (χ0n) is 40.0. The molecule has 396 valence electrons. The molecule has 28 heteroatoms. The van der Waals surface area contributed by atoms with Gasteiger partial charge in [0, 0.05) is 30.9 Å². The average Bonchev–Trinajstić information content (AvgIpc) is 3.30. The number of nitrogens with two attached hydrogens (primary N) is 4. The summed E-state index contributed by atoms with van der Waals surface area (Å²) in [7, 11) is 1.83. The molecular formula is C43H68N12O14S2. The lowest BCUT2D eigenvalue weighted by Crippen LogP contribution is -2.61. The molecule has 1 saturated heterocycles. The number of nitrogens with one attached hydrogen (secondary N) is 7. The predicted octanol–water partition coefficient (Wildman–Crippen LogP) is -5.42. The first-order chi connectivity index (χ1) is 33.3. The van der Waals surface area contributed by atoms with Crippen molar-refractivity contribution in [3.05, 3.63) is 29.8 Å². The second-order valence-electron chi connectivity index (χ2n) is 17.3. The highest BCUT2D eigenvalue weighted by Gasteiger charge is 2.37. The summed E-state index contributed by atoms with van der Waals surface area (Å²) < 4.78 is 0. The van der Waals surface area contributed by atoms with Gasteiger partial charge in [0.2, 0.25) is 65.0 Å². The van der Waals surface area contributed by atoms with Crippen molar-refractivity contribution in [1.29, 1.82) is 0 Å². The van der Waals surface area contributed by atoms with Gasteiger partial charge in [-0.05, 0) is 42.4 Å². The molecule has 9 atom stereocenters. The minimum atomic E-state index is -1.86. The number of carbonyl (C=O) groups is 11. The fraction of sp³-hybridized carbons (Fsp3) is 0.605. The first-order valence-electron chi connectivity index (χ1n) is 22.6. The molecule has 1 aliphatic heterocycles. The van der Waals surface area contributed by atoms with Gasteiger partial charge in [0.1, 0.15) is 42.0 Å². The number of aromatic hydroxyl groups is 1. The number of aliphatic hydroxyl groups excluding tert-OH is 2. The highest BCUT2D eigenvalue weighted by atomic mass is 33.1. The van der Waals surface area contributed by atoms with Crippen molar-refractivity contribution >= 4 is 86.6 Å². The molecule has 1 fully saturated rings. The predicted molar refractivity (Wildman–Crippen MR) is 259 cm³/mol. The topological polar surface area (TPSA) is 440 Å². The van der Waals surface area contributed by atoms with Crippen LogP contribution in [0.5, 0.6) is 5.75 Å². The van der Waals surface area contributed by atoms with Gasteiger partial charge in [-0.3, -0.25) is 52.7 Å². The normalized spacial score (nSPS) is 22.2. The van der Waals surface area contributed by atoms with Crippen molar-refractivity contribution in [2.75, 3.05) is 37.7 Å². The maximum Gasteiger partial charge on any atom is 0.246 e. The SMILES string of the molecule is CC[C@H](C)[C@@H]1NC(=O)[C@H](Cc2ccc(O)cc2)NC(=O)[C@@H](N)CSSC[C@@H](C(=O)N(CC(=O)N[C@@H](CC(C)C)C(=O)NCC(N)=O)C[C@@H](O)CO)NC(=O)[C@H](CC(N)=O)NC(=O)[C@H](CCC(N)=O)NC1=O. The molecule has 1 aliphatic rings. The van der Waals surface area contributed by atoms with E-state index >= 15 is 0 Å². The van der Waals surface area contributed by atoms with Crippen LogP contribution in [0.1, 0.15) is 65.4 Å². The lowest BCUT2D eigenvalue weighted by atomic mass is 9.96. The summed E-state index contributed by atoms with van der Waals surface area (Å²) in [5.41, 5.74) is 22.8. The number of amides is 11. The number of hydrogen-bond donors (Lipinski definition) is 14. The summed E-state index contributed by atoms with van der Waals surface area (Å²) in [5, 5.41) is 47.4. The molecule has 0 radical (unpaired) electrons. The standard InChI is InChI=1S/C43H68N12O14S2/c1-5-22(4)36-42(68)50-27(10-11-32(45)59)39(65)52-30(14-33(46)60)40(66)53-31(20-71-70-19-26(44)37(63)51-29(41(67)54-36)13-23-6-8-24(57)9-7-23)43(69)55(16-25(58)18-56)17-35(62)49-28(12-21(2)3)38(64)48-15-34(47)61/h6-9,21-22,25-31,36,56-58H,5,10-20,44H2,1-4H3,(H2,45,59)(H2,46,60)(H2,47,61)(H,48,64)(H,49,62)(H,50,68)(H,51,63)(H,52,65)(H,53,66)(H,54,67)/t22-,25+,26-,27-,28-,29-,30-,31-,36-/m0/s1. The molecule has 11 amide bonds. The largest absolute Gasteiger partial charge is 0.508 e. The number of benzene rings is 1. The Morgan fingerprint density at radius 3 is 1.96 bits per heavy atom. The third kappa shape index (κ3) is 22.2. The third-order valence-corrected chi connectivity index (χ3v) is 13.2. The highest BCUT2D eigenvalue weighted by molar-refractivity contribution is 8.76. The molecule has 0 spiro atoms. The van der Waals surface area contributed by atoms with Gasteiger partial charge in [0.25, 0.3) is 0 Å². The van der Waals surface area contributed by atoms with Crippen LogP contribution >= 0.6 is 21.6 Å². The molecule has 1 aromatic carbocycles. The molecule has 1 aromatic rings. The lowest BCUT2D eigenvalue weighted by molar-refractivity contribution is -0.141. The van der Waals surface area contributed by atoms with E-state index in [2.05, 4.69) is 37.2 Å². The van der Waals surface area contributed by atoms with Crippen LogP contribution in [0.2, 0.25) is 0 Å². The Bertz CT molecular complexity index is 2050. The maximum atomic E-state index is 14.5. The van der Waals surface area contributed by atoms with Crippen LogP contribution in [0.25, 0.3) is 0 Å². The quantitative estimate of drug-likeness (QED) is 0.0511. The van der Waals surface area contributed by atoms with Crippen molar-refractivity contribution in [2.45, 2.75) is 115 Å². The van der Waals surface area contributed by atoms with Crippen LogP contribution in [0.15, 0.2) is 24.3 Å². The summed E-state index contributed by atoms with van der Waals surface area (Å²) in [6, 6.07) is -4.71. The second kappa shape index (κ2) is 30.5. The van der Waals surface area contributed by atoms with E-state index in [0.717, 1.165) is 26.5 Å². The van der Waals surface area contributed by atoms with E-state index in [-0.39, 0.29) is 36.0 Å². The van der Waals surface area contributed by atoms with Crippen LogP contribution in [-0.4, -0.2) is 171 Å². The van der Waals surface area contributed by atoms with E-state index in [0.29, 0.717) is 12.0 Å². The van der Waals surface area contributed by atoms with Crippen molar-refractivity contribution in [3.8, 4) is 5.75 Å². The molecular weight excluding hydrogens is 973 g/mol. The van der Waals surface area contributed by atoms with Crippen molar-refractivity contribution in [2.24, 2.45) is 34.8 Å². The molecule has 0 aromatic heterocycles. The van der Waals surface area contributed by atoms with Crippen LogP contribution in [0.4, 0.5) is 0 Å². The van der Waals surface area contributed by atoms with E-state index in [9.17, 15) is 68.1 Å². The summed E-state index contributed by atoms with van der Waals surface area (Å²) in [4.78, 5) is 147. The third-order valence-electron chi connectivity index (χ3n) is 10.8. The minimum absolute atomic E-state index is 0.0697. The summed E-state index contributed by atoms with van der Waals surface area (Å²) in [6.45, 7) is 3.82. The van der Waals surface area contributed by atoms with Gasteiger partial charge >= 0.3 is 0 Å². The van der Waals surface area contributed by atoms with Crippen molar-refractivity contribution in [3.63, 3.8) is 0 Å². The molecule has 0 saturated carbocycles. The lowest BCUT2D eigenvalue weighted by Gasteiger charge is -2.31. The van der Waals surface area contributed by atoms with Gasteiger partial charge in [-0.15, -0.1) is 0 Å². The molecule has 0 bridgehead atoms. The number of nitrogens with zero attached hydrogens (tertiary/aromatic N) is 1. The van der Waals surface area contributed by atoms with E-state index in [1.165, 1.54) is 24.3 Å². The van der Waals surface area contributed by atoms with Crippen LogP contribution in [0.3, 0.4) is 0 Å². The minimum Gasteiger partial charge on any atom is -0.508 e. The number of phenolic OH excluding ortho intramolecular Hbond substituents is 1. The smallest absolute Gasteiger partial charge is 0.246 e. The monoisotopic (exact) mass is 1040 g/mol. The summed E-state index contributed by atoms with van der Waals surface area (Å²) in [5.74, 6) is -11.9. The molecule has 2 rings (SSSR count). The second-order valence-corrected chi connectivity index (χ2v) is 19.9. The van der Waals surface area contributed by atoms with Crippen LogP contribution in [-0.2, 0) is 59.2 Å². The first kappa shape index (κ1) is 60.9. The molecule has 1 heterocycles. The van der Waals surface area contributed by atoms with Gasteiger partial charge in [0.05, 0.1) is 38.3 Å². The number of rotatable bonds is 21.